The number of hydrogen-bond acceptors (Lipinski definition) is 4. The maximum Gasteiger partial charge on any atom is 0.280 e. The quantitative estimate of drug-likeness (QED) is 0.420. The lowest BCUT2D eigenvalue weighted by molar-refractivity contribution is -0.125. The maximum atomic E-state index is 11.9. The summed E-state index contributed by atoms with van der Waals surface area (Å²) in [5.74, 6) is 0.406. The molecule has 6 heteroatoms. The van der Waals surface area contributed by atoms with Crippen molar-refractivity contribution in [1.29, 1.82) is 0 Å². The number of carbonyl (C=O) groups is 1. The number of fused-ring (bicyclic) bond motifs is 2. The van der Waals surface area contributed by atoms with E-state index in [1.807, 2.05) is 30.3 Å². The molecule has 2 bridgehead atoms. The third kappa shape index (κ3) is 4.63. The summed E-state index contributed by atoms with van der Waals surface area (Å²) in [5, 5.41) is 8.52. The second kappa shape index (κ2) is 8.88. The van der Waals surface area contributed by atoms with Gasteiger partial charge in [0.2, 0.25) is 0 Å². The lowest BCUT2D eigenvalue weighted by Crippen LogP contribution is -2.22. The van der Waals surface area contributed by atoms with Crippen LogP contribution in [0.3, 0.4) is 0 Å². The highest BCUT2D eigenvalue weighted by atomic mass is 35.5. The minimum Gasteiger partial charge on any atom is -0.386 e. The molecule has 1 amide bonds. The van der Waals surface area contributed by atoms with Gasteiger partial charge in [-0.25, -0.2) is 5.43 Å². The smallest absolute Gasteiger partial charge is 0.280 e. The van der Waals surface area contributed by atoms with Crippen molar-refractivity contribution >= 4 is 35.5 Å². The monoisotopic (exact) mass is 405 g/mol. The highest BCUT2D eigenvalue weighted by Gasteiger charge is 2.34. The topological polar surface area (TPSA) is 63.0 Å². The van der Waals surface area contributed by atoms with E-state index in [9.17, 15) is 4.79 Å². The van der Waals surface area contributed by atoms with E-state index in [2.05, 4.69) is 40.0 Å². The zero-order valence-electron chi connectivity index (χ0n) is 15.7. The number of hydrogen-bond donors (Lipinski definition) is 1. The Hall–Kier alpha value is -3.18. The Balaban J connectivity index is 1.32. The largest absolute Gasteiger partial charge is 0.386 e. The Labute approximate surface area is 174 Å². The van der Waals surface area contributed by atoms with Crippen LogP contribution in [0.1, 0.15) is 17.5 Å². The first kappa shape index (κ1) is 19.2. The number of allylic oxidation sites excluding steroid dienone is 4. The van der Waals surface area contributed by atoms with Crippen molar-refractivity contribution in [2.45, 2.75) is 6.42 Å². The van der Waals surface area contributed by atoms with Gasteiger partial charge < -0.3 is 4.84 Å². The second-order valence-corrected chi connectivity index (χ2v) is 7.36. The van der Waals surface area contributed by atoms with Crippen LogP contribution >= 0.6 is 11.6 Å². The summed E-state index contributed by atoms with van der Waals surface area (Å²) in [6, 6.07) is 17.5. The first-order valence-corrected chi connectivity index (χ1v) is 9.79. The van der Waals surface area contributed by atoms with E-state index in [0.717, 1.165) is 17.6 Å². The van der Waals surface area contributed by atoms with Crippen molar-refractivity contribution in [3.05, 3.63) is 88.5 Å². The third-order valence-electron chi connectivity index (χ3n) is 4.96. The van der Waals surface area contributed by atoms with Gasteiger partial charge in [-0.05, 0) is 40.8 Å². The van der Waals surface area contributed by atoms with E-state index in [1.54, 1.807) is 18.3 Å². The average molecular weight is 406 g/mol. The summed E-state index contributed by atoms with van der Waals surface area (Å²) < 4.78 is 0. The van der Waals surface area contributed by atoms with Gasteiger partial charge in [-0.15, -0.1) is 0 Å². The molecule has 0 fully saturated rings. The van der Waals surface area contributed by atoms with Gasteiger partial charge in [0.05, 0.1) is 12.4 Å². The number of halogens is 1. The third-order valence-corrected chi connectivity index (χ3v) is 5.20. The number of amides is 1. The molecule has 1 N–H and O–H groups in total. The van der Waals surface area contributed by atoms with E-state index in [4.69, 9.17) is 16.4 Å². The summed E-state index contributed by atoms with van der Waals surface area (Å²) in [7, 11) is 0. The van der Waals surface area contributed by atoms with Gasteiger partial charge in [0.1, 0.15) is 0 Å². The summed E-state index contributed by atoms with van der Waals surface area (Å²) >= 11 is 5.90. The number of benzene rings is 2. The van der Waals surface area contributed by atoms with E-state index in [0.29, 0.717) is 16.9 Å². The van der Waals surface area contributed by atoms with Gasteiger partial charge in [0.25, 0.3) is 5.91 Å². The van der Waals surface area contributed by atoms with Crippen LogP contribution in [0.5, 0.6) is 0 Å². The van der Waals surface area contributed by atoms with Crippen molar-refractivity contribution in [2.24, 2.45) is 22.1 Å². The lowest BCUT2D eigenvalue weighted by Gasteiger charge is -2.13. The molecule has 0 unspecified atom stereocenters. The fourth-order valence-electron chi connectivity index (χ4n) is 3.71. The molecule has 0 spiro atoms. The molecule has 2 aliphatic rings. The van der Waals surface area contributed by atoms with Crippen molar-refractivity contribution in [2.75, 3.05) is 6.61 Å². The van der Waals surface area contributed by atoms with E-state index < -0.39 is 0 Å². The summed E-state index contributed by atoms with van der Waals surface area (Å²) in [6.07, 6.45) is 8.80. The van der Waals surface area contributed by atoms with Crippen molar-refractivity contribution in [3.8, 4) is 0 Å². The van der Waals surface area contributed by atoms with Crippen LogP contribution in [0.4, 0.5) is 0 Å². The molecule has 0 aliphatic heterocycles. The van der Waals surface area contributed by atoms with E-state index in [1.165, 1.54) is 17.4 Å². The molecule has 2 atom stereocenters. The first-order chi connectivity index (χ1) is 14.2. The highest BCUT2D eigenvalue weighted by molar-refractivity contribution is 6.30. The minimum atomic E-state index is -0.370. The van der Waals surface area contributed by atoms with Gasteiger partial charge in [-0.3, -0.25) is 4.79 Å². The Morgan fingerprint density at radius 3 is 2.76 bits per heavy atom. The van der Waals surface area contributed by atoms with E-state index in [-0.39, 0.29) is 12.5 Å². The summed E-state index contributed by atoms with van der Waals surface area (Å²) in [4.78, 5) is 16.9. The molecular weight excluding hydrogens is 386 g/mol. The molecule has 2 aromatic rings. The number of hydrazone groups is 1. The minimum absolute atomic E-state index is 0.217. The molecule has 0 saturated heterocycles. The predicted octanol–water partition coefficient (Wildman–Crippen LogP) is 4.45. The number of carbonyl (C=O) groups excluding carboxylic acids is 1. The van der Waals surface area contributed by atoms with Crippen LogP contribution in [0.15, 0.2) is 82.6 Å². The van der Waals surface area contributed by atoms with Crippen molar-refractivity contribution in [1.82, 2.24) is 5.43 Å². The normalized spacial score (nSPS) is 20.2. The lowest BCUT2D eigenvalue weighted by atomic mass is 9.92. The number of rotatable bonds is 7. The highest BCUT2D eigenvalue weighted by Crippen LogP contribution is 2.47. The molecule has 5 nitrogen and oxygen atoms in total. The number of oxime groups is 1. The Bertz CT molecular complexity index is 1010. The van der Waals surface area contributed by atoms with Crippen LogP contribution in [0.2, 0.25) is 5.02 Å². The fourth-order valence-corrected chi connectivity index (χ4v) is 3.91. The molecule has 29 heavy (non-hydrogen) atoms. The molecule has 146 valence electrons. The number of nitrogens with one attached hydrogen (secondary N) is 1. The van der Waals surface area contributed by atoms with Gasteiger partial charge >= 0.3 is 0 Å². The van der Waals surface area contributed by atoms with E-state index >= 15 is 0 Å². The standard InChI is InChI=1S/C23H20ClN3O2/c24-20-8-4-5-16(11-20)13-26-29-15-22(28)27-25-14-21-18-9-10-19(12-18)23(21)17-6-2-1-3-7-17/h1-11,13-14,18-19H,12,15H2,(H,27,28)/b25-14-,26-13-/t18-,19-/m1/s1. The SMILES string of the molecule is O=C(CO/N=C\c1cccc(Cl)c1)N/N=C\C1=C(c2ccccc2)[C@@H]2C=C[C@@H]1C2. The van der Waals surface area contributed by atoms with Gasteiger partial charge in [0.15, 0.2) is 6.61 Å². The van der Waals surface area contributed by atoms with Crippen LogP contribution in [0.25, 0.3) is 5.57 Å². The molecule has 4 rings (SSSR count). The predicted molar refractivity (Wildman–Crippen MR) is 116 cm³/mol. The van der Waals surface area contributed by atoms with Crippen molar-refractivity contribution < 1.29 is 9.63 Å². The molecular formula is C23H20ClN3O2. The molecule has 0 heterocycles. The van der Waals surface area contributed by atoms with Crippen LogP contribution in [-0.2, 0) is 9.63 Å². The average Bonchev–Trinajstić information content (AvgIpc) is 3.34. The molecule has 2 aromatic carbocycles. The van der Waals surface area contributed by atoms with Crippen LogP contribution < -0.4 is 5.43 Å². The summed E-state index contributed by atoms with van der Waals surface area (Å²) in [6.45, 7) is -0.217. The van der Waals surface area contributed by atoms with Gasteiger partial charge in [0, 0.05) is 16.9 Å². The summed E-state index contributed by atoms with van der Waals surface area (Å²) in [5.41, 5.74) is 6.94. The first-order valence-electron chi connectivity index (χ1n) is 9.41. The van der Waals surface area contributed by atoms with Crippen LogP contribution in [-0.4, -0.2) is 24.9 Å². The molecule has 2 aliphatic carbocycles. The van der Waals surface area contributed by atoms with Gasteiger partial charge in [-0.2, -0.15) is 5.10 Å². The molecule has 0 radical (unpaired) electrons. The van der Waals surface area contributed by atoms with Crippen LogP contribution in [0, 0.1) is 11.8 Å². The number of nitrogens with zero attached hydrogens (tertiary/aromatic N) is 2. The second-order valence-electron chi connectivity index (χ2n) is 6.92. The Morgan fingerprint density at radius 1 is 1.10 bits per heavy atom. The van der Waals surface area contributed by atoms with Gasteiger partial charge in [-0.1, -0.05) is 71.4 Å². The Kier molecular flexibility index (Phi) is 5.86. The molecule has 0 saturated carbocycles. The zero-order valence-corrected chi connectivity index (χ0v) is 16.4. The Morgan fingerprint density at radius 2 is 1.93 bits per heavy atom. The fraction of sp³-hybridized carbons (Fsp3) is 0.174. The zero-order chi connectivity index (χ0) is 20.1. The molecule has 0 aromatic heterocycles. The maximum absolute atomic E-state index is 11.9. The van der Waals surface area contributed by atoms with Crippen molar-refractivity contribution in [3.63, 3.8) is 0 Å².